The van der Waals surface area contributed by atoms with Gasteiger partial charge in [-0.3, -0.25) is 4.79 Å². The predicted octanol–water partition coefficient (Wildman–Crippen LogP) is 6.66. The lowest BCUT2D eigenvalue weighted by atomic mass is 9.97. The molecule has 0 unspecified atom stereocenters. The number of nitrogens with zero attached hydrogens (tertiary/aromatic N) is 2. The molecule has 0 saturated carbocycles. The van der Waals surface area contributed by atoms with Crippen molar-refractivity contribution >= 4 is 44.2 Å². The number of benzene rings is 3. The van der Waals surface area contributed by atoms with Gasteiger partial charge >= 0.3 is 5.97 Å². The SMILES string of the molecule is CCCN(C)Cc1ccc(N=C(c2cccc(CCC(=O)O)c2)c2c(O)[nH]c3cc(Br)ccc23)cc1. The molecule has 0 aliphatic heterocycles. The van der Waals surface area contributed by atoms with Crippen molar-refractivity contribution in [2.45, 2.75) is 32.7 Å². The molecule has 6 nitrogen and oxygen atoms in total. The van der Waals surface area contributed by atoms with Gasteiger partial charge in [-0.25, -0.2) is 4.99 Å². The van der Waals surface area contributed by atoms with Crippen LogP contribution in [-0.4, -0.2) is 45.4 Å². The van der Waals surface area contributed by atoms with E-state index in [9.17, 15) is 9.90 Å². The maximum atomic E-state index is 11.1. The molecule has 3 aromatic carbocycles. The number of fused-ring (bicyclic) bond motifs is 1. The molecule has 0 spiro atoms. The molecule has 0 amide bonds. The van der Waals surface area contributed by atoms with E-state index in [0.29, 0.717) is 17.7 Å². The van der Waals surface area contributed by atoms with Crippen LogP contribution in [0.25, 0.3) is 10.9 Å². The van der Waals surface area contributed by atoms with E-state index >= 15 is 0 Å². The molecule has 186 valence electrons. The van der Waals surface area contributed by atoms with Crippen molar-refractivity contribution in [3.05, 3.63) is 93.5 Å². The van der Waals surface area contributed by atoms with Gasteiger partial charge in [0, 0.05) is 28.4 Å². The van der Waals surface area contributed by atoms with E-state index in [-0.39, 0.29) is 12.3 Å². The summed E-state index contributed by atoms with van der Waals surface area (Å²) < 4.78 is 0.903. The molecular formula is C29H30BrN3O3. The number of aromatic nitrogens is 1. The minimum Gasteiger partial charge on any atom is -0.494 e. The van der Waals surface area contributed by atoms with Crippen molar-refractivity contribution in [3.63, 3.8) is 0 Å². The van der Waals surface area contributed by atoms with Gasteiger partial charge in [-0.1, -0.05) is 59.3 Å². The fourth-order valence-electron chi connectivity index (χ4n) is 4.36. The molecule has 0 fully saturated rings. The third-order valence-corrected chi connectivity index (χ3v) is 6.53. The average molecular weight is 548 g/mol. The van der Waals surface area contributed by atoms with Gasteiger partial charge in [-0.2, -0.15) is 0 Å². The second kappa shape index (κ2) is 11.5. The van der Waals surface area contributed by atoms with Crippen LogP contribution >= 0.6 is 15.9 Å². The van der Waals surface area contributed by atoms with Gasteiger partial charge in [-0.05, 0) is 67.9 Å². The summed E-state index contributed by atoms with van der Waals surface area (Å²) in [6, 6.07) is 21.6. The summed E-state index contributed by atoms with van der Waals surface area (Å²) in [4.78, 5) is 21.4. The summed E-state index contributed by atoms with van der Waals surface area (Å²) >= 11 is 3.49. The smallest absolute Gasteiger partial charge is 0.303 e. The summed E-state index contributed by atoms with van der Waals surface area (Å²) in [5.74, 6) is -0.797. The van der Waals surface area contributed by atoms with Gasteiger partial charge in [0.05, 0.1) is 22.5 Å². The van der Waals surface area contributed by atoms with Gasteiger partial charge in [-0.15, -0.1) is 0 Å². The minimum absolute atomic E-state index is 0.0376. The second-order valence-electron chi connectivity index (χ2n) is 9.00. The summed E-state index contributed by atoms with van der Waals surface area (Å²) in [6.07, 6.45) is 1.58. The van der Waals surface area contributed by atoms with Crippen LogP contribution in [0.3, 0.4) is 0 Å². The number of aryl methyl sites for hydroxylation is 1. The summed E-state index contributed by atoms with van der Waals surface area (Å²) in [5.41, 5.74) is 5.72. The Morgan fingerprint density at radius 3 is 2.56 bits per heavy atom. The highest BCUT2D eigenvalue weighted by atomic mass is 79.9. The fraction of sp³-hybridized carbons (Fsp3) is 0.241. The van der Waals surface area contributed by atoms with Crippen molar-refractivity contribution in [1.29, 1.82) is 0 Å². The Morgan fingerprint density at radius 2 is 1.83 bits per heavy atom. The normalized spacial score (nSPS) is 11.9. The predicted molar refractivity (Wildman–Crippen MR) is 148 cm³/mol. The Hall–Kier alpha value is -3.42. The number of carboxylic acid groups (broad SMARTS) is 1. The van der Waals surface area contributed by atoms with Crippen molar-refractivity contribution in [3.8, 4) is 5.88 Å². The van der Waals surface area contributed by atoms with Gasteiger partial charge in [0.15, 0.2) is 5.88 Å². The lowest BCUT2D eigenvalue weighted by Crippen LogP contribution is -2.18. The first-order valence-corrected chi connectivity index (χ1v) is 12.8. The second-order valence-corrected chi connectivity index (χ2v) is 9.91. The monoisotopic (exact) mass is 547 g/mol. The molecule has 1 aromatic heterocycles. The van der Waals surface area contributed by atoms with E-state index in [4.69, 9.17) is 10.1 Å². The number of carboxylic acids is 1. The molecule has 1 heterocycles. The summed E-state index contributed by atoms with van der Waals surface area (Å²) in [6.45, 7) is 4.08. The molecular weight excluding hydrogens is 518 g/mol. The van der Waals surface area contributed by atoms with Crippen LogP contribution in [0.15, 0.2) is 76.2 Å². The maximum absolute atomic E-state index is 11.1. The summed E-state index contributed by atoms with van der Waals surface area (Å²) in [5, 5.41) is 20.9. The molecule has 0 aliphatic rings. The third kappa shape index (κ3) is 6.22. The Bertz CT molecular complexity index is 1390. The number of H-pyrrole nitrogens is 1. The fourth-order valence-corrected chi connectivity index (χ4v) is 4.72. The first-order chi connectivity index (χ1) is 17.3. The van der Waals surface area contributed by atoms with Gasteiger partial charge in [0.1, 0.15) is 0 Å². The number of carbonyl (C=O) groups is 1. The van der Waals surface area contributed by atoms with E-state index in [1.54, 1.807) is 0 Å². The topological polar surface area (TPSA) is 88.9 Å². The maximum Gasteiger partial charge on any atom is 0.303 e. The van der Waals surface area contributed by atoms with E-state index in [0.717, 1.165) is 51.7 Å². The zero-order valence-electron chi connectivity index (χ0n) is 20.5. The number of rotatable bonds is 10. The quantitative estimate of drug-likeness (QED) is 0.193. The minimum atomic E-state index is -0.834. The zero-order valence-corrected chi connectivity index (χ0v) is 22.0. The number of halogens is 1. The molecule has 3 N–H and O–H groups in total. The number of nitrogens with one attached hydrogen (secondary N) is 1. The van der Waals surface area contributed by atoms with E-state index < -0.39 is 5.97 Å². The highest BCUT2D eigenvalue weighted by Gasteiger charge is 2.19. The van der Waals surface area contributed by atoms with Crippen LogP contribution in [0.1, 0.15) is 42.0 Å². The van der Waals surface area contributed by atoms with Crippen LogP contribution in [0.4, 0.5) is 5.69 Å². The number of aromatic hydroxyl groups is 1. The molecule has 0 aliphatic carbocycles. The van der Waals surface area contributed by atoms with E-state index in [1.807, 2.05) is 54.6 Å². The number of hydrogen-bond acceptors (Lipinski definition) is 4. The number of hydrogen-bond donors (Lipinski definition) is 3. The van der Waals surface area contributed by atoms with Crippen molar-refractivity contribution in [1.82, 2.24) is 9.88 Å². The number of aliphatic carboxylic acids is 1. The molecule has 0 radical (unpaired) electrons. The lowest BCUT2D eigenvalue weighted by molar-refractivity contribution is -0.136. The molecule has 0 saturated heterocycles. The average Bonchev–Trinajstić information content (AvgIpc) is 3.17. The largest absolute Gasteiger partial charge is 0.494 e. The van der Waals surface area contributed by atoms with E-state index in [1.165, 1.54) is 5.56 Å². The van der Waals surface area contributed by atoms with Crippen molar-refractivity contribution in [2.75, 3.05) is 13.6 Å². The first kappa shape index (κ1) is 25.7. The Kier molecular flexibility index (Phi) is 8.23. The van der Waals surface area contributed by atoms with Crippen LogP contribution < -0.4 is 0 Å². The number of aliphatic imine (C=N–C) groups is 1. The standard InChI is InChI=1S/C29H30BrN3O3/c1-3-15-33(2)18-20-7-11-23(12-8-20)31-28(21-6-4-5-19(16-21)9-14-26(34)35)27-24-13-10-22(30)17-25(24)32-29(27)36/h4-8,10-13,16-17,32,36H,3,9,14-15,18H2,1-2H3,(H,34,35). The van der Waals surface area contributed by atoms with Crippen molar-refractivity contribution in [2.24, 2.45) is 4.99 Å². The molecule has 7 heteroatoms. The molecule has 4 rings (SSSR count). The highest BCUT2D eigenvalue weighted by molar-refractivity contribution is 9.10. The highest BCUT2D eigenvalue weighted by Crippen LogP contribution is 2.33. The number of aromatic amines is 1. The van der Waals surface area contributed by atoms with Crippen molar-refractivity contribution < 1.29 is 15.0 Å². The molecule has 36 heavy (non-hydrogen) atoms. The Balaban J connectivity index is 1.79. The van der Waals surface area contributed by atoms with Crippen LogP contribution in [0, 0.1) is 0 Å². The molecule has 0 bridgehead atoms. The summed E-state index contributed by atoms with van der Waals surface area (Å²) in [7, 11) is 2.11. The Labute approximate surface area is 219 Å². The van der Waals surface area contributed by atoms with Gasteiger partial charge in [0.25, 0.3) is 0 Å². The Morgan fingerprint density at radius 1 is 1.06 bits per heavy atom. The van der Waals surface area contributed by atoms with Gasteiger partial charge < -0.3 is 20.1 Å². The van der Waals surface area contributed by atoms with Crippen LogP contribution in [-0.2, 0) is 17.8 Å². The van der Waals surface area contributed by atoms with Gasteiger partial charge in [0.2, 0.25) is 0 Å². The van der Waals surface area contributed by atoms with Crippen LogP contribution in [0.5, 0.6) is 5.88 Å². The molecule has 4 aromatic rings. The molecule has 0 atom stereocenters. The van der Waals surface area contributed by atoms with Crippen LogP contribution in [0.2, 0.25) is 0 Å². The zero-order chi connectivity index (χ0) is 25.7. The lowest BCUT2D eigenvalue weighted by Gasteiger charge is -2.15. The first-order valence-electron chi connectivity index (χ1n) is 12.0. The van der Waals surface area contributed by atoms with E-state index in [2.05, 4.69) is 51.9 Å². The third-order valence-electron chi connectivity index (χ3n) is 6.04.